The predicted octanol–water partition coefficient (Wildman–Crippen LogP) is 7.48. The van der Waals surface area contributed by atoms with Crippen LogP contribution in [0.15, 0.2) is 66.7 Å². The van der Waals surface area contributed by atoms with E-state index >= 15 is 0 Å². The van der Waals surface area contributed by atoms with Crippen LogP contribution in [0.2, 0.25) is 5.02 Å². The van der Waals surface area contributed by atoms with E-state index in [1.54, 1.807) is 31.2 Å². The molecule has 1 unspecified atom stereocenters. The van der Waals surface area contributed by atoms with Gasteiger partial charge in [0.05, 0.1) is 30.0 Å². The van der Waals surface area contributed by atoms with Crippen LogP contribution in [0.1, 0.15) is 54.7 Å². The van der Waals surface area contributed by atoms with Crippen molar-refractivity contribution in [3.63, 3.8) is 0 Å². The third kappa shape index (κ3) is 5.78. The Morgan fingerprint density at radius 3 is 2.43 bits per heavy atom. The van der Waals surface area contributed by atoms with Gasteiger partial charge in [-0.05, 0) is 67.1 Å². The molecule has 14 heteroatoms. The number of amides is 2. The number of nitrogens with one attached hydrogen (secondary N) is 1. The molecule has 4 aromatic carbocycles. The molecule has 2 heterocycles. The van der Waals surface area contributed by atoms with Gasteiger partial charge < -0.3 is 20.7 Å². The fourth-order valence-corrected chi connectivity index (χ4v) is 5.97. The number of nitrogens with two attached hydrogens (primary N) is 1. The zero-order valence-corrected chi connectivity index (χ0v) is 25.3. The Balaban J connectivity index is 1.59. The molecule has 1 aliphatic rings. The van der Waals surface area contributed by atoms with Crippen LogP contribution in [0, 0.1) is 18.6 Å². The number of hydrogen-bond donors (Lipinski definition) is 2. The number of anilines is 2. The molecule has 0 saturated carbocycles. The third-order valence-electron chi connectivity index (χ3n) is 7.87. The summed E-state index contributed by atoms with van der Waals surface area (Å²) in [5, 5.41) is 11.2. The van der Waals surface area contributed by atoms with E-state index in [1.807, 2.05) is 0 Å². The van der Waals surface area contributed by atoms with Crippen LogP contribution >= 0.6 is 11.6 Å². The summed E-state index contributed by atoms with van der Waals surface area (Å²) in [6, 6.07) is 12.2. The van der Waals surface area contributed by atoms with E-state index in [0.717, 1.165) is 12.1 Å². The Kier molecular flexibility index (Phi) is 7.96. The van der Waals surface area contributed by atoms with Crippen LogP contribution in [0.4, 0.5) is 33.5 Å². The van der Waals surface area contributed by atoms with Crippen molar-refractivity contribution < 1.29 is 36.3 Å². The number of methoxy groups -OCH3 is 1. The Morgan fingerprint density at radius 1 is 1.02 bits per heavy atom. The number of alkyl halides is 3. The largest absolute Gasteiger partial charge is 0.497 e. The van der Waals surface area contributed by atoms with Gasteiger partial charge in [-0.2, -0.15) is 18.3 Å². The molecular weight excluding hydrogens is 645 g/mol. The van der Waals surface area contributed by atoms with Crippen molar-refractivity contribution in [1.29, 1.82) is 0 Å². The number of aromatic nitrogens is 2. The summed E-state index contributed by atoms with van der Waals surface area (Å²) in [6.45, 7) is 1.58. The molecular formula is C33H23ClF5N5O3. The number of fused-ring (bicyclic) bond motifs is 3. The lowest BCUT2D eigenvalue weighted by Crippen LogP contribution is -2.29. The highest BCUT2D eigenvalue weighted by Crippen LogP contribution is 2.49. The molecule has 240 valence electrons. The Labute approximate surface area is 268 Å². The summed E-state index contributed by atoms with van der Waals surface area (Å²) in [6.07, 6.45) is -4.93. The molecule has 0 fully saturated rings. The van der Waals surface area contributed by atoms with E-state index < -0.39 is 46.8 Å². The maximum Gasteiger partial charge on any atom is 0.416 e. The number of aryl methyl sites for hydroxylation is 1. The molecule has 1 aliphatic heterocycles. The number of nitrogen functional groups attached to an aromatic ring is 1. The average molecular weight is 668 g/mol. The Bertz CT molecular complexity index is 2090. The highest BCUT2D eigenvalue weighted by molar-refractivity contribution is 6.31. The summed E-state index contributed by atoms with van der Waals surface area (Å²) < 4.78 is 74.7. The summed E-state index contributed by atoms with van der Waals surface area (Å²) in [7, 11) is 1.50. The summed E-state index contributed by atoms with van der Waals surface area (Å²) in [5.41, 5.74) is 5.44. The van der Waals surface area contributed by atoms with E-state index in [1.165, 1.54) is 24.1 Å². The molecule has 6 rings (SSSR count). The van der Waals surface area contributed by atoms with Gasteiger partial charge in [-0.25, -0.2) is 8.78 Å². The summed E-state index contributed by atoms with van der Waals surface area (Å²) in [4.78, 5) is 29.4. The second kappa shape index (κ2) is 11.8. The number of carbonyl (C=O) groups is 2. The first-order chi connectivity index (χ1) is 22.3. The minimum absolute atomic E-state index is 0.0181. The molecule has 0 saturated heterocycles. The van der Waals surface area contributed by atoms with Crippen LogP contribution in [-0.2, 0) is 12.7 Å². The molecule has 1 aromatic heterocycles. The third-order valence-corrected chi connectivity index (χ3v) is 8.22. The van der Waals surface area contributed by atoms with Crippen LogP contribution in [0.5, 0.6) is 5.75 Å². The van der Waals surface area contributed by atoms with Crippen LogP contribution in [0.3, 0.4) is 0 Å². The second-order valence-electron chi connectivity index (χ2n) is 10.8. The molecule has 0 aliphatic carbocycles. The second-order valence-corrected chi connectivity index (χ2v) is 11.2. The number of halogens is 6. The van der Waals surface area contributed by atoms with Gasteiger partial charge in [-0.15, -0.1) is 5.10 Å². The lowest BCUT2D eigenvalue weighted by Gasteiger charge is -2.28. The zero-order chi connectivity index (χ0) is 33.8. The van der Waals surface area contributed by atoms with Gasteiger partial charge in [0.2, 0.25) is 0 Å². The van der Waals surface area contributed by atoms with E-state index in [-0.39, 0.29) is 51.2 Å². The SMILES string of the molecule is COc1ccc(CN2C(=O)c3c(c(NC(=O)c4cc(F)cc(C(F)(F)F)c4)cc4c(N)nnc(C)c34)C2c2cc(F)ccc2Cl)cc1. The standard InChI is InChI=1S/C33H23ClF5N5O3/c1-15-26-23(30(40)43-42-15)13-25(41-31(45)17-9-18(33(37,38)39)11-20(36)10-17)27-28(26)32(46)44(14-16-3-6-21(47-2)7-4-16)29(27)22-12-19(35)5-8-24(22)34/h3-13,29H,14H2,1-2H3,(H2,40,43)(H,41,45). The van der Waals surface area contributed by atoms with Gasteiger partial charge in [-0.3, -0.25) is 9.59 Å². The van der Waals surface area contributed by atoms with E-state index in [2.05, 4.69) is 15.5 Å². The number of rotatable bonds is 6. The highest BCUT2D eigenvalue weighted by atomic mass is 35.5. The predicted molar refractivity (Wildman–Crippen MR) is 164 cm³/mol. The van der Waals surface area contributed by atoms with Crippen molar-refractivity contribution in [1.82, 2.24) is 15.1 Å². The van der Waals surface area contributed by atoms with Crippen molar-refractivity contribution >= 4 is 45.7 Å². The van der Waals surface area contributed by atoms with Crippen LogP contribution in [-0.4, -0.2) is 34.0 Å². The van der Waals surface area contributed by atoms with Crippen molar-refractivity contribution in [2.45, 2.75) is 25.7 Å². The summed E-state index contributed by atoms with van der Waals surface area (Å²) in [5.74, 6) is -3.14. The minimum Gasteiger partial charge on any atom is -0.497 e. The molecule has 0 bridgehead atoms. The fraction of sp³-hybridized carbons (Fsp3) is 0.152. The molecule has 2 amide bonds. The van der Waals surface area contributed by atoms with Gasteiger partial charge in [0, 0.05) is 44.7 Å². The van der Waals surface area contributed by atoms with Crippen LogP contribution in [0.25, 0.3) is 10.8 Å². The summed E-state index contributed by atoms with van der Waals surface area (Å²) >= 11 is 6.61. The molecule has 1 atom stereocenters. The first-order valence-corrected chi connectivity index (χ1v) is 14.3. The van der Waals surface area contributed by atoms with Crippen LogP contribution < -0.4 is 15.8 Å². The van der Waals surface area contributed by atoms with Gasteiger partial charge in [-0.1, -0.05) is 23.7 Å². The van der Waals surface area contributed by atoms with Gasteiger partial charge >= 0.3 is 6.18 Å². The van der Waals surface area contributed by atoms with Crippen molar-refractivity contribution in [3.8, 4) is 5.75 Å². The number of benzene rings is 4. The number of ether oxygens (including phenoxy) is 1. The minimum atomic E-state index is -4.93. The lowest BCUT2D eigenvalue weighted by molar-refractivity contribution is -0.137. The molecule has 8 nitrogen and oxygen atoms in total. The number of hydrogen-bond acceptors (Lipinski definition) is 6. The van der Waals surface area contributed by atoms with Gasteiger partial charge in [0.1, 0.15) is 17.4 Å². The van der Waals surface area contributed by atoms with E-state index in [4.69, 9.17) is 22.1 Å². The first-order valence-electron chi connectivity index (χ1n) is 13.9. The lowest BCUT2D eigenvalue weighted by atomic mass is 9.91. The Morgan fingerprint density at radius 2 is 1.74 bits per heavy atom. The quantitative estimate of drug-likeness (QED) is 0.182. The van der Waals surface area contributed by atoms with E-state index in [0.29, 0.717) is 34.5 Å². The topological polar surface area (TPSA) is 110 Å². The maximum absolute atomic E-state index is 14.8. The van der Waals surface area contributed by atoms with Gasteiger partial charge in [0.15, 0.2) is 5.82 Å². The monoisotopic (exact) mass is 667 g/mol. The average Bonchev–Trinajstić information content (AvgIpc) is 3.31. The fourth-order valence-electron chi connectivity index (χ4n) is 5.75. The first kappa shape index (κ1) is 31.7. The zero-order valence-electron chi connectivity index (χ0n) is 24.5. The molecule has 5 aromatic rings. The van der Waals surface area contributed by atoms with Crippen molar-refractivity contribution in [2.24, 2.45) is 0 Å². The maximum atomic E-state index is 14.8. The van der Waals surface area contributed by atoms with E-state index in [9.17, 15) is 31.5 Å². The number of carbonyl (C=O) groups excluding carboxylic acids is 2. The van der Waals surface area contributed by atoms with Crippen molar-refractivity contribution in [2.75, 3.05) is 18.2 Å². The molecule has 3 N–H and O–H groups in total. The normalized spacial score (nSPS) is 14.4. The van der Waals surface area contributed by atoms with Gasteiger partial charge in [0.25, 0.3) is 11.8 Å². The van der Waals surface area contributed by atoms with Crippen molar-refractivity contribution in [3.05, 3.63) is 122 Å². The Hall–Kier alpha value is -5.30. The molecule has 47 heavy (non-hydrogen) atoms. The molecule has 0 spiro atoms. The number of nitrogens with zero attached hydrogens (tertiary/aromatic N) is 3. The smallest absolute Gasteiger partial charge is 0.416 e. The molecule has 0 radical (unpaired) electrons. The highest BCUT2D eigenvalue weighted by Gasteiger charge is 2.43.